The van der Waals surface area contributed by atoms with E-state index in [2.05, 4.69) is 23.1 Å². The van der Waals surface area contributed by atoms with Crippen molar-refractivity contribution in [1.29, 1.82) is 0 Å². The van der Waals surface area contributed by atoms with Crippen LogP contribution in [0.2, 0.25) is 0 Å². The van der Waals surface area contributed by atoms with Gasteiger partial charge in [0.15, 0.2) is 5.82 Å². The molecule has 0 N–H and O–H groups in total. The molecule has 6 aromatic rings. The van der Waals surface area contributed by atoms with E-state index in [4.69, 9.17) is 9.84 Å². The molecular weight excluding hydrogens is 526 g/mol. The maximum absolute atomic E-state index is 13.3. The van der Waals surface area contributed by atoms with Crippen molar-refractivity contribution in [3.63, 3.8) is 0 Å². The van der Waals surface area contributed by atoms with Gasteiger partial charge in [0.2, 0.25) is 4.96 Å². The van der Waals surface area contributed by atoms with Crippen LogP contribution in [0, 0.1) is 6.92 Å². The number of fused-ring (bicyclic) bond motifs is 1. The molecule has 9 heteroatoms. The summed E-state index contributed by atoms with van der Waals surface area (Å²) in [5.41, 5.74) is 4.33. The summed E-state index contributed by atoms with van der Waals surface area (Å²) in [6, 6.07) is 20.0. The number of hydrogen-bond donors (Lipinski definition) is 0. The summed E-state index contributed by atoms with van der Waals surface area (Å²) in [6.45, 7) is 4.80. The largest absolute Gasteiger partial charge is 0.493 e. The van der Waals surface area contributed by atoms with Crippen LogP contribution in [0.1, 0.15) is 35.2 Å². The Labute approximate surface area is 233 Å². The quantitative estimate of drug-likeness (QED) is 0.236. The van der Waals surface area contributed by atoms with Crippen LogP contribution in [0.3, 0.4) is 0 Å². The van der Waals surface area contributed by atoms with Crippen LogP contribution in [-0.4, -0.2) is 31.0 Å². The minimum atomic E-state index is -0.198. The van der Waals surface area contributed by atoms with Crippen molar-refractivity contribution < 1.29 is 4.74 Å². The predicted molar refractivity (Wildman–Crippen MR) is 159 cm³/mol. The van der Waals surface area contributed by atoms with E-state index in [1.807, 2.05) is 96.0 Å². The zero-order valence-electron chi connectivity index (χ0n) is 21.4. The SMILES string of the molecule is CCCOc1ccc(-c2nn(-c3ccccc3)cc2/C=c2\sc3nc(/C=C/c4cccs4)nn3c2=O)cc1C. The fraction of sp³-hybridized carbons (Fsp3) is 0.133. The van der Waals surface area contributed by atoms with Gasteiger partial charge in [0.1, 0.15) is 11.4 Å². The molecular formula is C30H25N5O2S2. The molecule has 194 valence electrons. The van der Waals surface area contributed by atoms with Gasteiger partial charge in [0, 0.05) is 22.2 Å². The minimum Gasteiger partial charge on any atom is -0.493 e. The molecule has 0 spiro atoms. The molecule has 0 saturated carbocycles. The Morgan fingerprint density at radius 2 is 1.90 bits per heavy atom. The molecule has 0 aliphatic rings. The topological polar surface area (TPSA) is 74.3 Å². The molecule has 2 aromatic carbocycles. The summed E-state index contributed by atoms with van der Waals surface area (Å²) >= 11 is 2.95. The van der Waals surface area contributed by atoms with E-state index in [0.717, 1.165) is 45.1 Å². The van der Waals surface area contributed by atoms with Crippen molar-refractivity contribution in [3.8, 4) is 22.7 Å². The molecule has 7 nitrogen and oxygen atoms in total. The highest BCUT2D eigenvalue weighted by atomic mass is 32.1. The second-order valence-corrected chi connectivity index (χ2v) is 11.0. The number of aromatic nitrogens is 5. The van der Waals surface area contributed by atoms with Crippen LogP contribution in [-0.2, 0) is 0 Å². The number of ether oxygens (including phenoxy) is 1. The van der Waals surface area contributed by atoms with Crippen molar-refractivity contribution in [2.24, 2.45) is 0 Å². The van der Waals surface area contributed by atoms with Gasteiger partial charge in [-0.05, 0) is 78.9 Å². The molecule has 4 aromatic heterocycles. The number of aryl methyl sites for hydroxylation is 1. The maximum Gasteiger partial charge on any atom is 0.291 e. The van der Waals surface area contributed by atoms with Crippen molar-refractivity contribution in [1.82, 2.24) is 24.4 Å². The molecule has 0 fully saturated rings. The van der Waals surface area contributed by atoms with E-state index < -0.39 is 0 Å². The summed E-state index contributed by atoms with van der Waals surface area (Å²) in [5, 5.41) is 11.3. The monoisotopic (exact) mass is 551 g/mol. The highest BCUT2D eigenvalue weighted by Crippen LogP contribution is 2.29. The summed E-state index contributed by atoms with van der Waals surface area (Å²) in [5.74, 6) is 1.38. The first-order valence-electron chi connectivity index (χ1n) is 12.6. The van der Waals surface area contributed by atoms with E-state index in [1.54, 1.807) is 11.3 Å². The van der Waals surface area contributed by atoms with Gasteiger partial charge in [0.05, 0.1) is 16.8 Å². The Morgan fingerprint density at radius 1 is 1.03 bits per heavy atom. The van der Waals surface area contributed by atoms with Gasteiger partial charge in [0.25, 0.3) is 5.56 Å². The lowest BCUT2D eigenvalue weighted by atomic mass is 10.0. The standard InChI is InChI=1S/C30H25N5O2S2/c1-3-15-37-25-13-11-21(17-20(25)2)28-22(19-34(33-28)23-8-5-4-6-9-23)18-26-29(36)35-30(39-26)31-27(32-35)14-12-24-10-7-16-38-24/h4-14,16-19H,3,15H2,1-2H3/b14-12+,26-18-. The Balaban J connectivity index is 1.42. The number of hydrogen-bond acceptors (Lipinski definition) is 7. The van der Waals surface area contributed by atoms with Gasteiger partial charge in [-0.2, -0.15) is 14.6 Å². The first-order valence-corrected chi connectivity index (χ1v) is 14.3. The highest BCUT2D eigenvalue weighted by molar-refractivity contribution is 7.15. The molecule has 0 radical (unpaired) electrons. The van der Waals surface area contributed by atoms with Crippen LogP contribution >= 0.6 is 22.7 Å². The van der Waals surface area contributed by atoms with Gasteiger partial charge >= 0.3 is 0 Å². The zero-order chi connectivity index (χ0) is 26.8. The Kier molecular flexibility index (Phi) is 6.91. The lowest BCUT2D eigenvalue weighted by molar-refractivity contribution is 0.315. The predicted octanol–water partition coefficient (Wildman–Crippen LogP) is 5.88. The first kappa shape index (κ1) is 25.0. The Hall–Kier alpha value is -4.34. The molecule has 0 aliphatic carbocycles. The number of para-hydroxylation sites is 1. The number of thiazole rings is 1. The third-order valence-electron chi connectivity index (χ3n) is 6.10. The molecule has 0 bridgehead atoms. The van der Waals surface area contributed by atoms with E-state index in [9.17, 15) is 4.79 Å². The Bertz CT molecular complexity index is 1880. The second-order valence-electron chi connectivity index (χ2n) is 8.97. The number of nitrogens with zero attached hydrogens (tertiary/aromatic N) is 5. The number of thiophene rings is 1. The second kappa shape index (κ2) is 10.8. The minimum absolute atomic E-state index is 0.198. The summed E-state index contributed by atoms with van der Waals surface area (Å²) in [4.78, 5) is 19.5. The third kappa shape index (κ3) is 5.19. The average Bonchev–Trinajstić information content (AvgIpc) is 3.74. The fourth-order valence-corrected chi connectivity index (χ4v) is 5.73. The molecule has 0 aliphatic heterocycles. The van der Waals surface area contributed by atoms with Crippen LogP contribution in [0.4, 0.5) is 0 Å². The van der Waals surface area contributed by atoms with E-state index >= 15 is 0 Å². The molecule has 0 unspecified atom stereocenters. The van der Waals surface area contributed by atoms with Crippen molar-refractivity contribution >= 4 is 45.9 Å². The molecule has 39 heavy (non-hydrogen) atoms. The summed E-state index contributed by atoms with van der Waals surface area (Å²) in [6.07, 6.45) is 8.55. The van der Waals surface area contributed by atoms with E-state index in [1.165, 1.54) is 15.9 Å². The molecule has 4 heterocycles. The van der Waals surface area contributed by atoms with Crippen LogP contribution in [0.25, 0.3) is 40.1 Å². The van der Waals surface area contributed by atoms with Crippen molar-refractivity contribution in [2.45, 2.75) is 20.3 Å². The van der Waals surface area contributed by atoms with Crippen LogP contribution < -0.4 is 14.8 Å². The van der Waals surface area contributed by atoms with Crippen LogP contribution in [0.5, 0.6) is 5.75 Å². The highest BCUT2D eigenvalue weighted by Gasteiger charge is 2.15. The third-order valence-corrected chi connectivity index (χ3v) is 7.89. The lowest BCUT2D eigenvalue weighted by Gasteiger charge is -2.09. The van der Waals surface area contributed by atoms with Gasteiger partial charge in [-0.3, -0.25) is 4.79 Å². The maximum atomic E-state index is 13.3. The van der Waals surface area contributed by atoms with Gasteiger partial charge in [-0.25, -0.2) is 4.68 Å². The average molecular weight is 552 g/mol. The molecule has 0 atom stereocenters. The van der Waals surface area contributed by atoms with Gasteiger partial charge in [-0.15, -0.1) is 16.4 Å². The fourth-order valence-electron chi connectivity index (χ4n) is 4.20. The smallest absolute Gasteiger partial charge is 0.291 e. The number of benzene rings is 2. The van der Waals surface area contributed by atoms with Crippen molar-refractivity contribution in [2.75, 3.05) is 6.61 Å². The normalized spacial score (nSPS) is 12.2. The van der Waals surface area contributed by atoms with Gasteiger partial charge in [-0.1, -0.05) is 42.5 Å². The van der Waals surface area contributed by atoms with E-state index in [0.29, 0.717) is 21.9 Å². The first-order chi connectivity index (χ1) is 19.1. The lowest BCUT2D eigenvalue weighted by Crippen LogP contribution is -2.23. The molecule has 6 rings (SSSR count). The number of rotatable bonds is 8. The molecule has 0 saturated heterocycles. The molecule has 0 amide bonds. The van der Waals surface area contributed by atoms with Crippen LogP contribution in [0.15, 0.2) is 77.0 Å². The zero-order valence-corrected chi connectivity index (χ0v) is 23.1. The van der Waals surface area contributed by atoms with Gasteiger partial charge < -0.3 is 4.74 Å². The Morgan fingerprint density at radius 3 is 2.64 bits per heavy atom. The van der Waals surface area contributed by atoms with E-state index in [-0.39, 0.29) is 5.56 Å². The van der Waals surface area contributed by atoms with Crippen molar-refractivity contribution in [3.05, 3.63) is 109 Å². The summed E-state index contributed by atoms with van der Waals surface area (Å²) < 4.78 is 9.63. The summed E-state index contributed by atoms with van der Waals surface area (Å²) in [7, 11) is 0.